The molecule has 0 bridgehead atoms. The number of hydrogen-bond acceptors (Lipinski definition) is 13. The van der Waals surface area contributed by atoms with Gasteiger partial charge in [-0.15, -0.1) is 10.1 Å². The molecule has 16 nitrogen and oxygen atoms in total. The number of imide groups is 2. The molecule has 1 aromatic carbocycles. The Morgan fingerprint density at radius 3 is 1.61 bits per heavy atom. The number of hydrogen-bond donors (Lipinski definition) is 0. The van der Waals surface area contributed by atoms with Crippen LogP contribution in [0.25, 0.3) is 0 Å². The van der Waals surface area contributed by atoms with Crippen LogP contribution in [0.2, 0.25) is 0 Å². The third kappa shape index (κ3) is 8.90. The van der Waals surface area contributed by atoms with Gasteiger partial charge in [0.2, 0.25) is 0 Å². The zero-order chi connectivity index (χ0) is 30.4. The molecule has 17 heteroatoms. The molecule has 0 spiro atoms. The molecular weight excluding hydrogens is 569 g/mol. The highest BCUT2D eigenvalue weighted by Crippen LogP contribution is 2.48. The lowest BCUT2D eigenvalue weighted by molar-refractivity contribution is -0.870. The quantitative estimate of drug-likeness (QED) is 0.128. The molecule has 0 radical (unpaired) electrons. The van der Waals surface area contributed by atoms with Crippen LogP contribution >= 0.6 is 7.82 Å². The van der Waals surface area contributed by atoms with Crippen molar-refractivity contribution >= 4 is 43.4 Å². The van der Waals surface area contributed by atoms with Gasteiger partial charge in [0.05, 0.1) is 38.9 Å². The lowest BCUT2D eigenvalue weighted by Crippen LogP contribution is -2.37. The molecule has 1 unspecified atom stereocenters. The van der Waals surface area contributed by atoms with E-state index in [2.05, 4.69) is 0 Å². The summed E-state index contributed by atoms with van der Waals surface area (Å²) in [6.45, 7) is 0.0656. The van der Waals surface area contributed by atoms with E-state index in [9.17, 15) is 33.3 Å². The zero-order valence-corrected chi connectivity index (χ0v) is 23.9. The molecule has 1 aromatic rings. The maximum absolute atomic E-state index is 12.7. The lowest BCUT2D eigenvalue weighted by atomic mass is 10.1. The molecular formula is C24H31N3O13P+. The number of hydroxylamine groups is 4. The Balaban J connectivity index is 1.72. The van der Waals surface area contributed by atoms with Crippen LogP contribution in [0.4, 0.5) is 0 Å². The first kappa shape index (κ1) is 31.8. The summed E-state index contributed by atoms with van der Waals surface area (Å²) in [7, 11) is 3.03. The molecule has 2 saturated heterocycles. The second-order valence-electron chi connectivity index (χ2n) is 9.83. The predicted octanol–water partition coefficient (Wildman–Crippen LogP) is 1.00. The van der Waals surface area contributed by atoms with E-state index in [0.717, 1.165) is 25.3 Å². The molecule has 2 aliphatic heterocycles. The van der Waals surface area contributed by atoms with E-state index in [1.807, 2.05) is 21.1 Å². The van der Waals surface area contributed by atoms with Crippen molar-refractivity contribution in [3.8, 4) is 5.75 Å². The van der Waals surface area contributed by atoms with Gasteiger partial charge in [-0.2, -0.15) is 0 Å². The first-order valence-electron chi connectivity index (χ1n) is 12.4. The molecule has 0 aromatic heterocycles. The summed E-state index contributed by atoms with van der Waals surface area (Å²) in [5.41, 5.74) is -0.652. The van der Waals surface area contributed by atoms with Gasteiger partial charge in [0.1, 0.15) is 25.5 Å². The van der Waals surface area contributed by atoms with Crippen LogP contribution < -0.4 is 4.74 Å². The molecule has 0 aliphatic carbocycles. The molecule has 0 N–H and O–H groups in total. The number of rotatable bonds is 14. The Hall–Kier alpha value is -3.69. The van der Waals surface area contributed by atoms with Crippen molar-refractivity contribution in [3.05, 3.63) is 29.3 Å². The lowest BCUT2D eigenvalue weighted by Gasteiger charge is -2.24. The van der Waals surface area contributed by atoms with Crippen LogP contribution in [-0.2, 0) is 47.0 Å². The van der Waals surface area contributed by atoms with Gasteiger partial charge in [0.25, 0.3) is 23.6 Å². The van der Waals surface area contributed by atoms with Gasteiger partial charge in [0, 0.05) is 32.8 Å². The molecule has 0 saturated carbocycles. The standard InChI is InChI=1S/C24H31N3O13P/c1-27(2,3)9-10-37-41(34,35-4)38-12-11-36-18-14-16(23(32)39-25-19(28)5-6-20(25)29)13-17(15-18)24(33)40-26-21(30)7-8-22(26)31/h13-15H,5-12H2,1-4H3/q+1. The Bertz CT molecular complexity index is 1180. The predicted molar refractivity (Wildman–Crippen MR) is 134 cm³/mol. The number of phosphoric ester groups is 1. The molecule has 224 valence electrons. The minimum absolute atomic E-state index is 0.0924. The zero-order valence-electron chi connectivity index (χ0n) is 23.0. The number of quaternary nitrogens is 1. The number of carbonyl (C=O) groups excluding carboxylic acids is 6. The summed E-state index contributed by atoms with van der Waals surface area (Å²) in [6, 6.07) is 3.29. The van der Waals surface area contributed by atoms with E-state index in [4.69, 9.17) is 28.0 Å². The monoisotopic (exact) mass is 600 g/mol. The largest absolute Gasteiger partial charge is 0.491 e. The fourth-order valence-corrected chi connectivity index (χ4v) is 4.27. The maximum Gasteiger partial charge on any atom is 0.474 e. The van der Waals surface area contributed by atoms with Crippen molar-refractivity contribution in [3.63, 3.8) is 0 Å². The van der Waals surface area contributed by atoms with E-state index in [0.29, 0.717) is 21.2 Å². The van der Waals surface area contributed by atoms with Crippen LogP contribution in [-0.4, -0.2) is 105 Å². The third-order valence-electron chi connectivity index (χ3n) is 5.57. The molecule has 2 heterocycles. The summed E-state index contributed by atoms with van der Waals surface area (Å²) >= 11 is 0. The second-order valence-corrected chi connectivity index (χ2v) is 11.6. The average Bonchev–Trinajstić information content (AvgIpc) is 3.40. The van der Waals surface area contributed by atoms with Crippen molar-refractivity contribution in [2.24, 2.45) is 0 Å². The van der Waals surface area contributed by atoms with Crippen molar-refractivity contribution < 1.29 is 65.8 Å². The summed E-state index contributed by atoms with van der Waals surface area (Å²) in [4.78, 5) is 82.7. The highest BCUT2D eigenvalue weighted by molar-refractivity contribution is 7.48. The van der Waals surface area contributed by atoms with Crippen molar-refractivity contribution in [2.45, 2.75) is 25.7 Å². The van der Waals surface area contributed by atoms with E-state index >= 15 is 0 Å². The number of amides is 4. The van der Waals surface area contributed by atoms with Crippen LogP contribution in [0.5, 0.6) is 5.75 Å². The smallest absolute Gasteiger partial charge is 0.474 e. The highest BCUT2D eigenvalue weighted by atomic mass is 31.2. The Kier molecular flexibility index (Phi) is 10.3. The van der Waals surface area contributed by atoms with E-state index in [1.165, 1.54) is 0 Å². The first-order chi connectivity index (χ1) is 19.2. The number of benzene rings is 1. The second kappa shape index (κ2) is 13.3. The molecule has 4 amide bonds. The normalized spacial score (nSPS) is 17.2. The SMILES string of the molecule is COP(=O)(OCCOc1cc(C(=O)ON2C(=O)CCC2=O)cc(C(=O)ON2C(=O)CCC2=O)c1)OCC[N+](C)(C)C. The topological polar surface area (TPSA) is 181 Å². The van der Waals surface area contributed by atoms with Gasteiger partial charge in [-0.05, 0) is 18.2 Å². The van der Waals surface area contributed by atoms with Crippen LogP contribution in [0, 0.1) is 0 Å². The highest BCUT2D eigenvalue weighted by Gasteiger charge is 2.35. The minimum atomic E-state index is -3.89. The van der Waals surface area contributed by atoms with Crippen LogP contribution in [0.3, 0.4) is 0 Å². The van der Waals surface area contributed by atoms with Crippen molar-refractivity contribution in [1.29, 1.82) is 0 Å². The number of phosphoric acid groups is 1. The Morgan fingerprint density at radius 1 is 0.756 bits per heavy atom. The summed E-state index contributed by atoms with van der Waals surface area (Å²) < 4.78 is 34.1. The maximum atomic E-state index is 12.7. The number of ether oxygens (including phenoxy) is 1. The van der Waals surface area contributed by atoms with Gasteiger partial charge < -0.3 is 18.9 Å². The van der Waals surface area contributed by atoms with E-state index < -0.39 is 43.4 Å². The fourth-order valence-electron chi connectivity index (χ4n) is 3.38. The van der Waals surface area contributed by atoms with Gasteiger partial charge in [-0.3, -0.25) is 32.7 Å². The first-order valence-corrected chi connectivity index (χ1v) is 13.9. The van der Waals surface area contributed by atoms with Gasteiger partial charge in [-0.25, -0.2) is 14.2 Å². The van der Waals surface area contributed by atoms with Gasteiger partial charge in [0.15, 0.2) is 0 Å². The number of likely N-dealkylation sites (N-methyl/N-ethyl adjacent to an activating group) is 1. The van der Waals surface area contributed by atoms with Gasteiger partial charge >= 0.3 is 19.8 Å². The molecule has 2 aliphatic rings. The molecule has 3 rings (SSSR count). The average molecular weight is 600 g/mol. The Morgan fingerprint density at radius 2 is 1.20 bits per heavy atom. The summed E-state index contributed by atoms with van der Waals surface area (Å²) in [5.74, 6) is -5.32. The van der Waals surface area contributed by atoms with Crippen molar-refractivity contribution in [2.75, 3.05) is 54.6 Å². The minimum Gasteiger partial charge on any atom is -0.491 e. The summed E-state index contributed by atoms with van der Waals surface area (Å²) in [5, 5.41) is 0.647. The van der Waals surface area contributed by atoms with E-state index in [1.54, 1.807) is 0 Å². The van der Waals surface area contributed by atoms with Crippen molar-refractivity contribution in [1.82, 2.24) is 10.1 Å². The van der Waals surface area contributed by atoms with Crippen LogP contribution in [0.15, 0.2) is 18.2 Å². The summed E-state index contributed by atoms with van der Waals surface area (Å²) in [6.07, 6.45) is -0.519. The fraction of sp³-hybridized carbons (Fsp3) is 0.500. The molecule has 2 fully saturated rings. The van der Waals surface area contributed by atoms with Crippen LogP contribution in [0.1, 0.15) is 46.4 Å². The molecule has 41 heavy (non-hydrogen) atoms. The number of carbonyl (C=O) groups is 6. The number of nitrogens with zero attached hydrogens (tertiary/aromatic N) is 3. The Labute approximate surface area is 235 Å². The molecule has 1 atom stereocenters. The third-order valence-corrected chi connectivity index (χ3v) is 7.02. The van der Waals surface area contributed by atoms with E-state index in [-0.39, 0.29) is 62.4 Å². The van der Waals surface area contributed by atoms with Gasteiger partial charge in [-0.1, -0.05) is 0 Å².